The predicted molar refractivity (Wildman–Crippen MR) is 64.5 cm³/mol. The SMILES string of the molecule is Cc1cscc1C1NCCN2C(=O)CCC12. The van der Waals surface area contributed by atoms with Gasteiger partial charge in [0.15, 0.2) is 0 Å². The number of rotatable bonds is 1. The molecule has 4 heteroatoms. The second kappa shape index (κ2) is 3.86. The van der Waals surface area contributed by atoms with Crippen LogP contribution in [0.5, 0.6) is 0 Å². The van der Waals surface area contributed by atoms with Crippen molar-refractivity contribution in [3.63, 3.8) is 0 Å². The summed E-state index contributed by atoms with van der Waals surface area (Å²) in [5.41, 5.74) is 2.73. The Balaban J connectivity index is 1.91. The highest BCUT2D eigenvalue weighted by molar-refractivity contribution is 7.08. The fourth-order valence-electron chi connectivity index (χ4n) is 2.88. The van der Waals surface area contributed by atoms with Crippen molar-refractivity contribution in [3.05, 3.63) is 21.9 Å². The molecule has 1 aromatic rings. The fourth-order valence-corrected chi connectivity index (χ4v) is 3.76. The molecule has 2 fully saturated rings. The van der Waals surface area contributed by atoms with Crippen LogP contribution in [0.3, 0.4) is 0 Å². The third-order valence-electron chi connectivity index (χ3n) is 3.71. The van der Waals surface area contributed by atoms with E-state index in [4.69, 9.17) is 0 Å². The van der Waals surface area contributed by atoms with E-state index in [2.05, 4.69) is 27.9 Å². The Kier molecular flexibility index (Phi) is 2.48. The van der Waals surface area contributed by atoms with Gasteiger partial charge in [-0.2, -0.15) is 11.3 Å². The Hall–Kier alpha value is -0.870. The number of thiophene rings is 1. The van der Waals surface area contributed by atoms with E-state index in [-0.39, 0.29) is 0 Å². The second-order valence-electron chi connectivity index (χ2n) is 4.64. The normalized spacial score (nSPS) is 29.6. The minimum absolute atomic E-state index is 0.337. The summed E-state index contributed by atoms with van der Waals surface area (Å²) in [5.74, 6) is 0.337. The highest BCUT2D eigenvalue weighted by atomic mass is 32.1. The average molecular weight is 236 g/mol. The molecule has 2 saturated heterocycles. The summed E-state index contributed by atoms with van der Waals surface area (Å²) < 4.78 is 0. The van der Waals surface area contributed by atoms with Crippen LogP contribution in [-0.2, 0) is 4.79 Å². The molecule has 3 nitrogen and oxygen atoms in total. The van der Waals surface area contributed by atoms with Crippen molar-refractivity contribution < 1.29 is 4.79 Å². The zero-order valence-electron chi connectivity index (χ0n) is 9.40. The molecule has 0 aromatic carbocycles. The van der Waals surface area contributed by atoms with Crippen LogP contribution in [0.2, 0.25) is 0 Å². The smallest absolute Gasteiger partial charge is 0.223 e. The van der Waals surface area contributed by atoms with Crippen molar-refractivity contribution >= 4 is 17.2 Å². The molecule has 2 aliphatic rings. The Morgan fingerprint density at radius 3 is 3.12 bits per heavy atom. The highest BCUT2D eigenvalue weighted by Crippen LogP contribution is 2.34. The van der Waals surface area contributed by atoms with Crippen molar-refractivity contribution in [1.29, 1.82) is 0 Å². The quantitative estimate of drug-likeness (QED) is 0.805. The number of fused-ring (bicyclic) bond motifs is 1. The first-order valence-electron chi connectivity index (χ1n) is 5.83. The topological polar surface area (TPSA) is 32.3 Å². The molecule has 1 N–H and O–H groups in total. The van der Waals surface area contributed by atoms with E-state index in [0.717, 1.165) is 25.9 Å². The number of carbonyl (C=O) groups excluding carboxylic acids is 1. The van der Waals surface area contributed by atoms with Gasteiger partial charge < -0.3 is 10.2 Å². The maximum Gasteiger partial charge on any atom is 0.223 e. The molecular weight excluding hydrogens is 220 g/mol. The third-order valence-corrected chi connectivity index (χ3v) is 4.59. The lowest BCUT2D eigenvalue weighted by molar-refractivity contribution is -0.130. The molecule has 0 saturated carbocycles. The fraction of sp³-hybridized carbons (Fsp3) is 0.583. The van der Waals surface area contributed by atoms with Gasteiger partial charge in [-0.05, 0) is 35.2 Å². The van der Waals surface area contributed by atoms with Crippen molar-refractivity contribution in [2.75, 3.05) is 13.1 Å². The van der Waals surface area contributed by atoms with Gasteiger partial charge in [0.25, 0.3) is 0 Å². The van der Waals surface area contributed by atoms with Gasteiger partial charge in [0.1, 0.15) is 0 Å². The molecule has 16 heavy (non-hydrogen) atoms. The lowest BCUT2D eigenvalue weighted by atomic mass is 9.95. The highest BCUT2D eigenvalue weighted by Gasteiger charge is 2.39. The summed E-state index contributed by atoms with van der Waals surface area (Å²) >= 11 is 1.75. The molecule has 3 rings (SSSR count). The molecule has 2 aliphatic heterocycles. The van der Waals surface area contributed by atoms with Crippen molar-refractivity contribution in [3.8, 4) is 0 Å². The van der Waals surface area contributed by atoms with Crippen LogP contribution in [0.25, 0.3) is 0 Å². The van der Waals surface area contributed by atoms with E-state index < -0.39 is 0 Å². The summed E-state index contributed by atoms with van der Waals surface area (Å²) in [6, 6.07) is 0.737. The van der Waals surface area contributed by atoms with E-state index >= 15 is 0 Å². The number of hydrogen-bond donors (Lipinski definition) is 1. The first kappa shape index (κ1) is 10.3. The summed E-state index contributed by atoms with van der Waals surface area (Å²) in [6.45, 7) is 3.95. The molecule has 3 heterocycles. The van der Waals surface area contributed by atoms with Gasteiger partial charge in [-0.15, -0.1) is 0 Å². The summed E-state index contributed by atoms with van der Waals surface area (Å²) in [5, 5.41) is 7.98. The summed E-state index contributed by atoms with van der Waals surface area (Å²) in [6.07, 6.45) is 1.73. The maximum atomic E-state index is 11.7. The average Bonchev–Trinajstić information content (AvgIpc) is 2.86. The molecule has 0 radical (unpaired) electrons. The lowest BCUT2D eigenvalue weighted by Gasteiger charge is -2.37. The number of amides is 1. The maximum absolute atomic E-state index is 11.7. The van der Waals surface area contributed by atoms with E-state index in [1.165, 1.54) is 11.1 Å². The molecule has 1 amide bonds. The molecule has 2 atom stereocenters. The molecule has 0 bridgehead atoms. The monoisotopic (exact) mass is 236 g/mol. The van der Waals surface area contributed by atoms with Gasteiger partial charge in [0.05, 0.1) is 12.1 Å². The van der Waals surface area contributed by atoms with Crippen LogP contribution < -0.4 is 5.32 Å². The largest absolute Gasteiger partial charge is 0.337 e. The predicted octanol–water partition coefficient (Wildman–Crippen LogP) is 1.69. The first-order chi connectivity index (χ1) is 7.77. The van der Waals surface area contributed by atoms with Gasteiger partial charge in [0.2, 0.25) is 5.91 Å². The molecule has 1 aromatic heterocycles. The number of aryl methyl sites for hydroxylation is 1. The van der Waals surface area contributed by atoms with Gasteiger partial charge in [-0.25, -0.2) is 0 Å². The van der Waals surface area contributed by atoms with Crippen LogP contribution in [0, 0.1) is 6.92 Å². The van der Waals surface area contributed by atoms with Crippen LogP contribution in [-0.4, -0.2) is 29.9 Å². The standard InChI is InChI=1S/C12H16N2OS/c1-8-6-16-7-9(8)12-10-2-3-11(15)14(10)5-4-13-12/h6-7,10,12-13H,2-5H2,1H3. The van der Waals surface area contributed by atoms with Gasteiger partial charge >= 0.3 is 0 Å². The second-order valence-corrected chi connectivity index (χ2v) is 5.38. The Labute approximate surface area is 99.5 Å². The minimum Gasteiger partial charge on any atom is -0.337 e. The number of nitrogens with one attached hydrogen (secondary N) is 1. The molecule has 86 valence electrons. The van der Waals surface area contributed by atoms with Crippen molar-refractivity contribution in [1.82, 2.24) is 10.2 Å². The van der Waals surface area contributed by atoms with E-state index in [1.807, 2.05) is 0 Å². The van der Waals surface area contributed by atoms with E-state index in [9.17, 15) is 4.79 Å². The van der Waals surface area contributed by atoms with Gasteiger partial charge in [-0.1, -0.05) is 0 Å². The van der Waals surface area contributed by atoms with Crippen LogP contribution in [0.4, 0.5) is 0 Å². The van der Waals surface area contributed by atoms with Crippen molar-refractivity contribution in [2.45, 2.75) is 31.8 Å². The lowest BCUT2D eigenvalue weighted by Crippen LogP contribution is -2.51. The zero-order chi connectivity index (χ0) is 11.1. The van der Waals surface area contributed by atoms with Gasteiger partial charge in [-0.3, -0.25) is 4.79 Å². The molecule has 0 aliphatic carbocycles. The number of piperazine rings is 1. The molecule has 0 spiro atoms. The Bertz CT molecular complexity index is 415. The van der Waals surface area contributed by atoms with Crippen LogP contribution in [0.1, 0.15) is 30.0 Å². The summed E-state index contributed by atoms with van der Waals surface area (Å²) in [4.78, 5) is 13.8. The zero-order valence-corrected chi connectivity index (χ0v) is 10.2. The Morgan fingerprint density at radius 1 is 1.50 bits per heavy atom. The number of carbonyl (C=O) groups is 1. The first-order valence-corrected chi connectivity index (χ1v) is 6.77. The number of hydrogen-bond acceptors (Lipinski definition) is 3. The van der Waals surface area contributed by atoms with Crippen LogP contribution >= 0.6 is 11.3 Å². The third kappa shape index (κ3) is 1.48. The van der Waals surface area contributed by atoms with E-state index in [0.29, 0.717) is 18.0 Å². The summed E-state index contributed by atoms with van der Waals surface area (Å²) in [7, 11) is 0. The molecular formula is C12H16N2OS. The Morgan fingerprint density at radius 2 is 2.38 bits per heavy atom. The van der Waals surface area contributed by atoms with E-state index in [1.54, 1.807) is 11.3 Å². The molecule has 2 unspecified atom stereocenters. The van der Waals surface area contributed by atoms with Gasteiger partial charge in [0, 0.05) is 19.5 Å². The van der Waals surface area contributed by atoms with Crippen molar-refractivity contribution in [2.24, 2.45) is 0 Å². The number of nitrogens with zero attached hydrogens (tertiary/aromatic N) is 1. The van der Waals surface area contributed by atoms with Crippen LogP contribution in [0.15, 0.2) is 10.8 Å². The minimum atomic E-state index is 0.337.